The molecule has 0 fully saturated rings. The Morgan fingerprint density at radius 2 is 1.82 bits per heavy atom. The van der Waals surface area contributed by atoms with E-state index in [1.165, 1.54) is 6.20 Å². The Kier molecular flexibility index (Phi) is 7.62. The first-order valence-corrected chi connectivity index (χ1v) is 6.84. The molecule has 1 aromatic heterocycles. The highest BCUT2D eigenvalue weighted by Gasteiger charge is 2.20. The Hall–Kier alpha value is -2.05. The van der Waals surface area contributed by atoms with Crippen molar-refractivity contribution in [3.8, 4) is 0 Å². The SMILES string of the molecule is CN(C)/C=C(\C=[N+](C)C)c1[nH]ncc1[N+](=O)[O-].[O-][Cl+3]([O-])([O-])[O-]. The first-order chi connectivity index (χ1) is 9.91. The largest absolute Gasteiger partial charge is 0.383 e. The minimum absolute atomic E-state index is 0.0313. The van der Waals surface area contributed by atoms with Crippen molar-refractivity contribution in [3.05, 3.63) is 28.2 Å². The third-order valence-corrected chi connectivity index (χ3v) is 1.90. The number of halogens is 1. The molecule has 0 aliphatic rings. The Labute approximate surface area is 128 Å². The molecule has 0 aliphatic carbocycles. The lowest BCUT2D eigenvalue weighted by atomic mass is 10.2. The van der Waals surface area contributed by atoms with E-state index in [0.29, 0.717) is 11.3 Å². The molecule has 0 radical (unpaired) electrons. The average molecular weight is 338 g/mol. The lowest BCUT2D eigenvalue weighted by molar-refractivity contribution is -2.00. The van der Waals surface area contributed by atoms with Gasteiger partial charge in [-0.25, -0.2) is 23.2 Å². The van der Waals surface area contributed by atoms with Crippen molar-refractivity contribution < 1.29 is 38.4 Å². The van der Waals surface area contributed by atoms with Gasteiger partial charge in [0, 0.05) is 20.3 Å². The van der Waals surface area contributed by atoms with E-state index in [9.17, 15) is 10.1 Å². The van der Waals surface area contributed by atoms with Crippen LogP contribution in [0.25, 0.3) is 5.57 Å². The maximum absolute atomic E-state index is 10.8. The molecule has 0 saturated carbocycles. The lowest BCUT2D eigenvalue weighted by Crippen LogP contribution is -2.68. The Bertz CT molecular complexity index is 552. The molecule has 11 nitrogen and oxygen atoms in total. The van der Waals surface area contributed by atoms with Crippen molar-refractivity contribution in [2.24, 2.45) is 0 Å². The van der Waals surface area contributed by atoms with Crippen LogP contribution in [0.1, 0.15) is 5.69 Å². The second-order valence-corrected chi connectivity index (χ2v) is 5.16. The number of hydrogen-bond donors (Lipinski definition) is 1. The maximum Gasteiger partial charge on any atom is 0.314 e. The molecular weight excluding hydrogens is 322 g/mol. The van der Waals surface area contributed by atoms with Crippen LogP contribution in [0.2, 0.25) is 0 Å². The number of nitrogens with zero attached hydrogens (tertiary/aromatic N) is 4. The van der Waals surface area contributed by atoms with Crippen molar-refractivity contribution in [2.75, 3.05) is 28.2 Å². The maximum atomic E-state index is 10.8. The molecule has 1 rings (SSSR count). The van der Waals surface area contributed by atoms with Gasteiger partial charge in [0.15, 0.2) is 11.9 Å². The average Bonchev–Trinajstić information content (AvgIpc) is 2.72. The molecule has 124 valence electrons. The Balaban J connectivity index is 0.000000763. The van der Waals surface area contributed by atoms with Gasteiger partial charge in [0.05, 0.1) is 10.5 Å². The van der Waals surface area contributed by atoms with Crippen molar-refractivity contribution in [3.63, 3.8) is 0 Å². The second kappa shape index (κ2) is 8.41. The van der Waals surface area contributed by atoms with E-state index < -0.39 is 15.2 Å². The molecule has 22 heavy (non-hydrogen) atoms. The number of nitrogens with one attached hydrogen (secondary N) is 1. The highest BCUT2D eigenvalue weighted by atomic mass is 35.7. The quantitative estimate of drug-likeness (QED) is 0.249. The molecule has 0 aliphatic heterocycles. The first-order valence-electron chi connectivity index (χ1n) is 5.61. The number of aromatic nitrogens is 2. The van der Waals surface area contributed by atoms with Gasteiger partial charge in [-0.3, -0.25) is 15.2 Å². The van der Waals surface area contributed by atoms with Gasteiger partial charge < -0.3 is 4.90 Å². The minimum atomic E-state index is -4.94. The van der Waals surface area contributed by atoms with Crippen LogP contribution in [0.5, 0.6) is 0 Å². The molecular formula is C10H16ClN5O6. The molecule has 12 heteroatoms. The van der Waals surface area contributed by atoms with Crippen molar-refractivity contribution >= 4 is 17.5 Å². The standard InChI is InChI=1S/C10H16N5O2.ClHO4/c1-13(2)6-8(7-14(3)4)10-9(15(16)17)5-11-12-10;2-1(3,4)5/h5-7H,1-4H3,(H,11,12);(H,2,3,4,5)/q+1;/p-1. The van der Waals surface area contributed by atoms with Crippen LogP contribution in [-0.4, -0.2) is 59.0 Å². The number of hydrogen-bond acceptors (Lipinski definition) is 8. The number of aromatic amines is 1. The highest BCUT2D eigenvalue weighted by molar-refractivity contribution is 6.07. The van der Waals surface area contributed by atoms with Crippen LogP contribution in [0.3, 0.4) is 0 Å². The molecule has 0 amide bonds. The summed E-state index contributed by atoms with van der Waals surface area (Å²) in [6, 6.07) is 0. The van der Waals surface area contributed by atoms with Gasteiger partial charge in [-0.2, -0.15) is 5.10 Å². The van der Waals surface area contributed by atoms with E-state index in [-0.39, 0.29) is 5.69 Å². The smallest absolute Gasteiger partial charge is 0.314 e. The van der Waals surface area contributed by atoms with E-state index in [1.54, 1.807) is 12.4 Å². The molecule has 1 aromatic rings. The monoisotopic (exact) mass is 337 g/mol. The van der Waals surface area contributed by atoms with E-state index in [0.717, 1.165) is 0 Å². The zero-order valence-corrected chi connectivity index (χ0v) is 13.1. The predicted octanol–water partition coefficient (Wildman–Crippen LogP) is -4.19. The Morgan fingerprint density at radius 3 is 2.18 bits per heavy atom. The van der Waals surface area contributed by atoms with Crippen molar-refractivity contribution in [2.45, 2.75) is 0 Å². The van der Waals surface area contributed by atoms with Gasteiger partial charge in [0.25, 0.3) is 0 Å². The molecule has 0 unspecified atom stereocenters. The summed E-state index contributed by atoms with van der Waals surface area (Å²) >= 11 is 0. The lowest BCUT2D eigenvalue weighted by Gasteiger charge is -2.17. The Morgan fingerprint density at radius 1 is 1.32 bits per heavy atom. The zero-order chi connectivity index (χ0) is 17.5. The first kappa shape index (κ1) is 19.9. The minimum Gasteiger partial charge on any atom is -0.383 e. The molecule has 1 heterocycles. The molecule has 0 spiro atoms. The third-order valence-electron chi connectivity index (χ3n) is 1.90. The van der Waals surface area contributed by atoms with Crippen LogP contribution in [0.15, 0.2) is 12.4 Å². The van der Waals surface area contributed by atoms with E-state index in [4.69, 9.17) is 18.6 Å². The number of allylic oxidation sites excluding steroid dienone is 1. The molecule has 1 N–H and O–H groups in total. The molecule has 0 bridgehead atoms. The van der Waals surface area contributed by atoms with Crippen molar-refractivity contribution in [1.82, 2.24) is 15.1 Å². The number of nitro groups is 1. The summed E-state index contributed by atoms with van der Waals surface area (Å²) in [6.07, 6.45) is 4.80. The molecule has 0 atom stereocenters. The van der Waals surface area contributed by atoms with Gasteiger partial charge in [-0.05, 0) is 0 Å². The van der Waals surface area contributed by atoms with Crippen molar-refractivity contribution in [1.29, 1.82) is 0 Å². The summed E-state index contributed by atoms with van der Waals surface area (Å²) in [5.41, 5.74) is 1.07. The molecule has 0 aromatic carbocycles. The fourth-order valence-corrected chi connectivity index (χ4v) is 1.35. The summed E-state index contributed by atoms with van der Waals surface area (Å²) in [7, 11) is 2.47. The number of H-pyrrole nitrogens is 1. The van der Waals surface area contributed by atoms with Gasteiger partial charge >= 0.3 is 5.69 Å². The fraction of sp³-hybridized carbons (Fsp3) is 0.400. The topological polar surface area (TPSA) is 170 Å². The second-order valence-electron chi connectivity index (χ2n) is 4.41. The van der Waals surface area contributed by atoms with Crippen LogP contribution in [0, 0.1) is 20.4 Å². The summed E-state index contributed by atoms with van der Waals surface area (Å²) in [5.74, 6) is 0. The van der Waals surface area contributed by atoms with E-state index in [1.807, 2.05) is 37.7 Å². The van der Waals surface area contributed by atoms with Gasteiger partial charge in [-0.1, -0.05) is 0 Å². The van der Waals surface area contributed by atoms with Crippen LogP contribution in [0.4, 0.5) is 5.69 Å². The van der Waals surface area contributed by atoms with Crippen LogP contribution >= 0.6 is 0 Å². The summed E-state index contributed by atoms with van der Waals surface area (Å²) in [4.78, 5) is 12.2. The van der Waals surface area contributed by atoms with Gasteiger partial charge in [0.2, 0.25) is 0 Å². The highest BCUT2D eigenvalue weighted by Crippen LogP contribution is 2.21. The van der Waals surface area contributed by atoms with Gasteiger partial charge in [0.1, 0.15) is 20.3 Å². The third kappa shape index (κ3) is 8.99. The van der Waals surface area contributed by atoms with E-state index in [2.05, 4.69) is 10.2 Å². The summed E-state index contributed by atoms with van der Waals surface area (Å²) in [5, 5.41) is 17.2. The summed E-state index contributed by atoms with van der Waals surface area (Å²) < 4.78 is 35.8. The zero-order valence-electron chi connectivity index (χ0n) is 12.3. The van der Waals surface area contributed by atoms with E-state index >= 15 is 0 Å². The van der Waals surface area contributed by atoms with Crippen LogP contribution in [-0.2, 0) is 0 Å². The van der Waals surface area contributed by atoms with Crippen LogP contribution < -0.4 is 18.6 Å². The number of rotatable bonds is 4. The molecule has 0 saturated heterocycles. The predicted molar refractivity (Wildman–Crippen MR) is 65.1 cm³/mol. The van der Waals surface area contributed by atoms with Gasteiger partial charge in [-0.15, -0.1) is 10.2 Å². The summed E-state index contributed by atoms with van der Waals surface area (Å²) in [6.45, 7) is 0. The normalized spacial score (nSPS) is 11.4. The fourth-order valence-electron chi connectivity index (χ4n) is 1.35.